The second kappa shape index (κ2) is 5.86. The van der Waals surface area contributed by atoms with Crippen LogP contribution in [0.15, 0.2) is 99.5 Å². The number of hydrogen-bond acceptors (Lipinski definition) is 3. The lowest BCUT2D eigenvalue weighted by atomic mass is 9.39. The summed E-state index contributed by atoms with van der Waals surface area (Å²) in [6, 6.07) is 23.4. The van der Waals surface area contributed by atoms with Gasteiger partial charge in [0.1, 0.15) is 16.9 Å². The highest BCUT2D eigenvalue weighted by Gasteiger charge is 2.48. The van der Waals surface area contributed by atoms with Crippen LogP contribution in [0.1, 0.15) is 12.8 Å². The fourth-order valence-electron chi connectivity index (χ4n) is 5.88. The standard InChI is InChI=1S/C28H18BNO2/c1-2-9-17(10-3-1)30-21-14-8-13-20-24(21)29(25-18-11-4-6-15-22(18)31-27(20)25)28-26(30)19-12-5-7-16-23(19)32-28/h1-2,4-9,11-16H,3,10H2. The summed E-state index contributed by atoms with van der Waals surface area (Å²) in [7, 11) is 0. The van der Waals surface area contributed by atoms with E-state index in [9.17, 15) is 0 Å². The first-order valence-corrected chi connectivity index (χ1v) is 11.2. The van der Waals surface area contributed by atoms with Gasteiger partial charge in [-0.25, -0.2) is 0 Å². The van der Waals surface area contributed by atoms with Crippen LogP contribution < -0.4 is 21.5 Å². The molecular formula is C28H18BNO2. The van der Waals surface area contributed by atoms with Gasteiger partial charge in [0.25, 0.3) is 6.71 Å². The smallest absolute Gasteiger partial charge is 0.298 e. The van der Waals surface area contributed by atoms with E-state index in [1.807, 2.05) is 6.07 Å². The van der Waals surface area contributed by atoms with Crippen molar-refractivity contribution in [3.63, 3.8) is 0 Å². The van der Waals surface area contributed by atoms with Gasteiger partial charge in [-0.2, -0.15) is 0 Å². The summed E-state index contributed by atoms with van der Waals surface area (Å²) in [6.45, 7) is 0.0400. The molecule has 4 heteroatoms. The first kappa shape index (κ1) is 16.7. The van der Waals surface area contributed by atoms with Crippen LogP contribution in [0.4, 0.5) is 11.4 Å². The molecule has 0 saturated carbocycles. The summed E-state index contributed by atoms with van der Waals surface area (Å²) < 4.78 is 13.1. The minimum Gasteiger partial charge on any atom is -0.468 e. The number of rotatable bonds is 1. The number of allylic oxidation sites excluding steroid dienone is 4. The summed E-state index contributed by atoms with van der Waals surface area (Å²) in [4.78, 5) is 2.44. The Labute approximate surface area is 185 Å². The van der Waals surface area contributed by atoms with Crippen LogP contribution in [0.2, 0.25) is 0 Å². The largest absolute Gasteiger partial charge is 0.468 e. The van der Waals surface area contributed by atoms with Gasteiger partial charge < -0.3 is 13.7 Å². The van der Waals surface area contributed by atoms with Crippen molar-refractivity contribution in [1.82, 2.24) is 0 Å². The lowest BCUT2D eigenvalue weighted by Crippen LogP contribution is -2.54. The third-order valence-electron chi connectivity index (χ3n) is 7.14. The zero-order valence-electron chi connectivity index (χ0n) is 17.3. The van der Waals surface area contributed by atoms with Gasteiger partial charge in [0.05, 0.1) is 11.3 Å². The molecule has 0 amide bonds. The number of furan rings is 2. The molecule has 3 nitrogen and oxygen atoms in total. The van der Waals surface area contributed by atoms with Crippen LogP contribution in [-0.2, 0) is 0 Å². The van der Waals surface area contributed by atoms with E-state index in [0.717, 1.165) is 40.8 Å². The number of fused-ring (bicyclic) bond motifs is 9. The third-order valence-corrected chi connectivity index (χ3v) is 7.14. The maximum absolute atomic E-state index is 6.65. The van der Waals surface area contributed by atoms with Crippen molar-refractivity contribution in [1.29, 1.82) is 0 Å². The van der Waals surface area contributed by atoms with E-state index in [0.29, 0.717) is 0 Å². The molecule has 2 aromatic heterocycles. The predicted molar refractivity (Wildman–Crippen MR) is 131 cm³/mol. The second-order valence-electron chi connectivity index (χ2n) is 8.78. The molecule has 8 rings (SSSR count). The first-order valence-electron chi connectivity index (χ1n) is 11.2. The molecule has 0 saturated heterocycles. The van der Waals surface area contributed by atoms with E-state index in [2.05, 4.69) is 83.8 Å². The van der Waals surface area contributed by atoms with Crippen LogP contribution in [0.5, 0.6) is 0 Å². The zero-order chi connectivity index (χ0) is 20.8. The van der Waals surface area contributed by atoms with Crippen molar-refractivity contribution < 1.29 is 8.83 Å². The minimum atomic E-state index is 0.0400. The van der Waals surface area contributed by atoms with Gasteiger partial charge in [-0.3, -0.25) is 0 Å². The molecule has 1 aliphatic carbocycles. The molecule has 150 valence electrons. The Bertz CT molecular complexity index is 1650. The molecule has 0 fully saturated rings. The lowest BCUT2D eigenvalue weighted by molar-refractivity contribution is 0.634. The Hall–Kier alpha value is -3.92. The zero-order valence-corrected chi connectivity index (χ0v) is 17.3. The maximum atomic E-state index is 6.65. The number of nitrogens with zero attached hydrogens (tertiary/aromatic N) is 1. The highest BCUT2D eigenvalue weighted by Crippen LogP contribution is 2.44. The van der Waals surface area contributed by atoms with E-state index in [1.165, 1.54) is 38.9 Å². The Morgan fingerprint density at radius 1 is 0.781 bits per heavy atom. The Morgan fingerprint density at radius 2 is 1.59 bits per heavy atom. The van der Waals surface area contributed by atoms with E-state index in [4.69, 9.17) is 8.83 Å². The molecule has 0 radical (unpaired) electrons. The maximum Gasteiger partial charge on any atom is 0.298 e. The van der Waals surface area contributed by atoms with Crippen molar-refractivity contribution in [2.24, 2.45) is 0 Å². The Kier molecular flexibility index (Phi) is 3.06. The highest BCUT2D eigenvalue weighted by molar-refractivity contribution is 7.02. The monoisotopic (exact) mass is 411 g/mol. The number of para-hydroxylation sites is 2. The molecule has 0 atom stereocenters. The van der Waals surface area contributed by atoms with E-state index in [1.54, 1.807) is 0 Å². The minimum absolute atomic E-state index is 0.0400. The number of anilines is 2. The summed E-state index contributed by atoms with van der Waals surface area (Å²) in [5.41, 5.74) is 10.3. The predicted octanol–water partition coefficient (Wildman–Crippen LogP) is 5.36. The first-order chi connectivity index (χ1) is 15.9. The average molecular weight is 411 g/mol. The number of benzene rings is 3. The van der Waals surface area contributed by atoms with Crippen LogP contribution in [0.25, 0.3) is 33.3 Å². The summed E-state index contributed by atoms with van der Waals surface area (Å²) in [6.07, 6.45) is 8.72. The molecule has 5 aromatic rings. The number of hydrogen-bond donors (Lipinski definition) is 0. The van der Waals surface area contributed by atoms with Gasteiger partial charge >= 0.3 is 0 Å². The van der Waals surface area contributed by atoms with Crippen molar-refractivity contribution in [3.8, 4) is 11.3 Å². The Balaban J connectivity index is 1.53. The van der Waals surface area contributed by atoms with E-state index < -0.39 is 0 Å². The van der Waals surface area contributed by atoms with Crippen molar-refractivity contribution in [2.45, 2.75) is 12.8 Å². The topological polar surface area (TPSA) is 29.5 Å². The fourth-order valence-corrected chi connectivity index (χ4v) is 5.88. The van der Waals surface area contributed by atoms with Crippen molar-refractivity contribution in [2.75, 3.05) is 4.90 Å². The molecule has 0 unspecified atom stereocenters. The normalized spacial score (nSPS) is 15.8. The molecule has 3 aromatic carbocycles. The molecule has 32 heavy (non-hydrogen) atoms. The summed E-state index contributed by atoms with van der Waals surface area (Å²) in [5, 5.41) is 2.34. The second-order valence-corrected chi connectivity index (χ2v) is 8.78. The molecule has 2 aliphatic heterocycles. The molecule has 0 N–H and O–H groups in total. The molecule has 0 spiro atoms. The van der Waals surface area contributed by atoms with Gasteiger partial charge in [0, 0.05) is 27.7 Å². The average Bonchev–Trinajstić information content (AvgIpc) is 3.50. The van der Waals surface area contributed by atoms with Gasteiger partial charge in [0.2, 0.25) is 0 Å². The van der Waals surface area contributed by atoms with Gasteiger partial charge in [-0.1, -0.05) is 54.6 Å². The van der Waals surface area contributed by atoms with Crippen LogP contribution >= 0.6 is 0 Å². The van der Waals surface area contributed by atoms with E-state index in [-0.39, 0.29) is 6.71 Å². The highest BCUT2D eigenvalue weighted by atomic mass is 16.3. The van der Waals surface area contributed by atoms with Gasteiger partial charge in [-0.05, 0) is 54.1 Å². The summed E-state index contributed by atoms with van der Waals surface area (Å²) in [5.74, 6) is 0.985. The quantitative estimate of drug-likeness (QED) is 0.341. The fraction of sp³-hybridized carbons (Fsp3) is 0.0714. The lowest BCUT2D eigenvalue weighted by Gasteiger charge is -2.35. The van der Waals surface area contributed by atoms with Crippen LogP contribution in [0, 0.1) is 0 Å². The van der Waals surface area contributed by atoms with Gasteiger partial charge in [0.15, 0.2) is 0 Å². The van der Waals surface area contributed by atoms with Crippen LogP contribution in [0.3, 0.4) is 0 Å². The molecular weight excluding hydrogens is 393 g/mol. The van der Waals surface area contributed by atoms with E-state index >= 15 is 0 Å². The summed E-state index contributed by atoms with van der Waals surface area (Å²) >= 11 is 0. The Morgan fingerprint density at radius 3 is 2.44 bits per heavy atom. The third kappa shape index (κ3) is 1.94. The molecule has 0 bridgehead atoms. The molecule has 4 heterocycles. The molecule has 3 aliphatic rings. The van der Waals surface area contributed by atoms with Crippen molar-refractivity contribution in [3.05, 3.63) is 90.7 Å². The van der Waals surface area contributed by atoms with Crippen molar-refractivity contribution >= 4 is 56.6 Å². The van der Waals surface area contributed by atoms with Crippen LogP contribution in [-0.4, -0.2) is 6.71 Å². The SMILES string of the molecule is C1=CCCC(N2c3cccc4c3B(c3oc5ccccc5c32)c2c-4oc3ccccc23)=C1. The van der Waals surface area contributed by atoms with Gasteiger partial charge in [-0.15, -0.1) is 0 Å².